The van der Waals surface area contributed by atoms with E-state index in [0.29, 0.717) is 44.3 Å². The maximum Gasteiger partial charge on any atom is 0.256 e. The Morgan fingerprint density at radius 1 is 1.14 bits per heavy atom. The third-order valence-corrected chi connectivity index (χ3v) is 4.77. The van der Waals surface area contributed by atoms with Gasteiger partial charge in [-0.3, -0.25) is 4.79 Å². The Kier molecular flexibility index (Phi) is 5.01. The lowest BCUT2D eigenvalue weighted by molar-refractivity contribution is 0.0742. The van der Waals surface area contributed by atoms with E-state index in [9.17, 15) is 9.18 Å². The fraction of sp³-hybridized carbons (Fsp3) is 0.300. The molecule has 0 aliphatic carbocycles. The summed E-state index contributed by atoms with van der Waals surface area (Å²) in [5.74, 6) is 1.18. The molecule has 1 amide bonds. The molecule has 3 aromatic rings. The summed E-state index contributed by atoms with van der Waals surface area (Å²) in [5, 5.41) is 3.95. The van der Waals surface area contributed by atoms with Crippen LogP contribution in [0.1, 0.15) is 23.2 Å². The SMILES string of the molecule is CCc1nc(-c2ccc(N3CCN(C(=O)c4ccccc4F)CC3)nc2)no1. The summed E-state index contributed by atoms with van der Waals surface area (Å²) in [4.78, 5) is 25.1. The smallest absolute Gasteiger partial charge is 0.256 e. The highest BCUT2D eigenvalue weighted by Crippen LogP contribution is 2.20. The topological polar surface area (TPSA) is 75.4 Å². The van der Waals surface area contributed by atoms with Gasteiger partial charge in [0.2, 0.25) is 11.7 Å². The Labute approximate surface area is 161 Å². The van der Waals surface area contributed by atoms with E-state index < -0.39 is 5.82 Å². The molecule has 2 aromatic heterocycles. The maximum absolute atomic E-state index is 13.9. The number of amides is 1. The van der Waals surface area contributed by atoms with Crippen LogP contribution in [0, 0.1) is 5.82 Å². The maximum atomic E-state index is 13.9. The number of hydrogen-bond donors (Lipinski definition) is 0. The van der Waals surface area contributed by atoms with Crippen LogP contribution in [0.2, 0.25) is 0 Å². The molecule has 4 rings (SSSR count). The second kappa shape index (κ2) is 7.75. The number of benzene rings is 1. The molecule has 1 aliphatic heterocycles. The zero-order valence-electron chi connectivity index (χ0n) is 15.5. The van der Waals surface area contributed by atoms with Gasteiger partial charge in [0.1, 0.15) is 11.6 Å². The number of aryl methyl sites for hydroxylation is 1. The van der Waals surface area contributed by atoms with Crippen LogP contribution < -0.4 is 4.90 Å². The number of hydrogen-bond acceptors (Lipinski definition) is 6. The number of piperazine rings is 1. The Morgan fingerprint density at radius 3 is 2.57 bits per heavy atom. The minimum absolute atomic E-state index is 0.116. The van der Waals surface area contributed by atoms with Gasteiger partial charge in [-0.2, -0.15) is 4.98 Å². The quantitative estimate of drug-likeness (QED) is 0.692. The first kappa shape index (κ1) is 18.1. The van der Waals surface area contributed by atoms with Crippen molar-refractivity contribution >= 4 is 11.7 Å². The van der Waals surface area contributed by atoms with E-state index in [2.05, 4.69) is 20.0 Å². The molecule has 0 spiro atoms. The number of halogens is 1. The Hall–Kier alpha value is -3.29. The van der Waals surface area contributed by atoms with Gasteiger partial charge in [-0.15, -0.1) is 0 Å². The molecular weight excluding hydrogens is 361 g/mol. The normalized spacial score (nSPS) is 14.4. The number of rotatable bonds is 4. The van der Waals surface area contributed by atoms with Gasteiger partial charge in [0, 0.05) is 44.4 Å². The van der Waals surface area contributed by atoms with Crippen molar-refractivity contribution in [3.8, 4) is 11.4 Å². The molecule has 0 radical (unpaired) electrons. The second-order valence-electron chi connectivity index (χ2n) is 6.53. The fourth-order valence-corrected chi connectivity index (χ4v) is 3.16. The number of nitrogens with zero attached hydrogens (tertiary/aromatic N) is 5. The highest BCUT2D eigenvalue weighted by molar-refractivity contribution is 5.94. The average Bonchev–Trinajstić information content (AvgIpc) is 3.23. The molecule has 3 heterocycles. The zero-order valence-corrected chi connectivity index (χ0v) is 15.5. The third-order valence-electron chi connectivity index (χ3n) is 4.77. The third kappa shape index (κ3) is 3.58. The Balaban J connectivity index is 1.40. The van der Waals surface area contributed by atoms with Crippen molar-refractivity contribution < 1.29 is 13.7 Å². The van der Waals surface area contributed by atoms with E-state index in [4.69, 9.17) is 4.52 Å². The van der Waals surface area contributed by atoms with Gasteiger partial charge in [-0.1, -0.05) is 24.2 Å². The first-order valence-corrected chi connectivity index (χ1v) is 9.23. The second-order valence-corrected chi connectivity index (χ2v) is 6.53. The summed E-state index contributed by atoms with van der Waals surface area (Å²) in [6, 6.07) is 9.89. The molecule has 1 aromatic carbocycles. The van der Waals surface area contributed by atoms with Crippen molar-refractivity contribution in [2.75, 3.05) is 31.1 Å². The van der Waals surface area contributed by atoms with Gasteiger partial charge >= 0.3 is 0 Å². The van der Waals surface area contributed by atoms with E-state index in [-0.39, 0.29) is 11.5 Å². The molecule has 0 atom stereocenters. The van der Waals surface area contributed by atoms with E-state index in [0.717, 1.165) is 11.4 Å². The highest BCUT2D eigenvalue weighted by atomic mass is 19.1. The number of pyridine rings is 1. The molecule has 1 fully saturated rings. The standard InChI is InChI=1S/C20H20FN5O2/c1-2-18-23-19(24-28-18)14-7-8-17(22-13-14)25-9-11-26(12-10-25)20(27)15-5-3-4-6-16(15)21/h3-8,13H,2,9-12H2,1H3. The molecule has 144 valence electrons. The lowest BCUT2D eigenvalue weighted by Crippen LogP contribution is -2.49. The van der Waals surface area contributed by atoms with Crippen LogP contribution in [0.3, 0.4) is 0 Å². The monoisotopic (exact) mass is 381 g/mol. The molecule has 1 saturated heterocycles. The molecule has 0 saturated carbocycles. The molecular formula is C20H20FN5O2. The van der Waals surface area contributed by atoms with Crippen LogP contribution in [0.5, 0.6) is 0 Å². The van der Waals surface area contributed by atoms with Crippen LogP contribution in [-0.2, 0) is 6.42 Å². The number of carbonyl (C=O) groups excluding carboxylic acids is 1. The predicted molar refractivity (Wildman–Crippen MR) is 101 cm³/mol. The average molecular weight is 381 g/mol. The largest absolute Gasteiger partial charge is 0.353 e. The van der Waals surface area contributed by atoms with Gasteiger partial charge in [0.05, 0.1) is 5.56 Å². The molecule has 1 aliphatic rings. The Morgan fingerprint density at radius 2 is 1.93 bits per heavy atom. The van der Waals surface area contributed by atoms with Gasteiger partial charge < -0.3 is 14.3 Å². The number of carbonyl (C=O) groups is 1. The van der Waals surface area contributed by atoms with Gasteiger partial charge in [-0.05, 0) is 24.3 Å². The van der Waals surface area contributed by atoms with E-state index in [1.165, 1.54) is 12.1 Å². The fourth-order valence-electron chi connectivity index (χ4n) is 3.16. The van der Waals surface area contributed by atoms with E-state index >= 15 is 0 Å². The van der Waals surface area contributed by atoms with E-state index in [1.54, 1.807) is 23.2 Å². The van der Waals surface area contributed by atoms with E-state index in [1.807, 2.05) is 19.1 Å². The number of aromatic nitrogens is 3. The lowest BCUT2D eigenvalue weighted by Gasteiger charge is -2.35. The molecule has 0 N–H and O–H groups in total. The zero-order chi connectivity index (χ0) is 19.5. The van der Waals surface area contributed by atoms with Gasteiger partial charge in [0.25, 0.3) is 5.91 Å². The van der Waals surface area contributed by atoms with Crippen molar-refractivity contribution in [3.63, 3.8) is 0 Å². The minimum atomic E-state index is -0.486. The first-order chi connectivity index (χ1) is 13.7. The molecule has 8 heteroatoms. The summed E-state index contributed by atoms with van der Waals surface area (Å²) in [6.07, 6.45) is 2.41. The lowest BCUT2D eigenvalue weighted by atomic mass is 10.1. The highest BCUT2D eigenvalue weighted by Gasteiger charge is 2.24. The van der Waals surface area contributed by atoms with Crippen LogP contribution in [-0.4, -0.2) is 52.1 Å². The summed E-state index contributed by atoms with van der Waals surface area (Å²) in [7, 11) is 0. The summed E-state index contributed by atoms with van der Waals surface area (Å²) in [6.45, 7) is 4.25. The summed E-state index contributed by atoms with van der Waals surface area (Å²) < 4.78 is 19.0. The van der Waals surface area contributed by atoms with Gasteiger partial charge in [-0.25, -0.2) is 9.37 Å². The van der Waals surface area contributed by atoms with Crippen molar-refractivity contribution in [3.05, 3.63) is 59.9 Å². The molecule has 7 nitrogen and oxygen atoms in total. The summed E-state index contributed by atoms with van der Waals surface area (Å²) >= 11 is 0. The summed E-state index contributed by atoms with van der Waals surface area (Å²) in [5.41, 5.74) is 0.908. The minimum Gasteiger partial charge on any atom is -0.353 e. The van der Waals surface area contributed by atoms with Crippen LogP contribution in [0.25, 0.3) is 11.4 Å². The van der Waals surface area contributed by atoms with Crippen molar-refractivity contribution in [2.45, 2.75) is 13.3 Å². The Bertz CT molecular complexity index is 965. The van der Waals surface area contributed by atoms with Crippen molar-refractivity contribution in [1.29, 1.82) is 0 Å². The van der Waals surface area contributed by atoms with Crippen LogP contribution >= 0.6 is 0 Å². The van der Waals surface area contributed by atoms with Crippen LogP contribution in [0.15, 0.2) is 47.1 Å². The molecule has 28 heavy (non-hydrogen) atoms. The molecule has 0 unspecified atom stereocenters. The predicted octanol–water partition coefficient (Wildman–Crippen LogP) is 2.80. The van der Waals surface area contributed by atoms with Crippen molar-refractivity contribution in [2.24, 2.45) is 0 Å². The van der Waals surface area contributed by atoms with Crippen LogP contribution in [0.4, 0.5) is 10.2 Å². The first-order valence-electron chi connectivity index (χ1n) is 9.23. The number of anilines is 1. The van der Waals surface area contributed by atoms with Crippen molar-refractivity contribution in [1.82, 2.24) is 20.0 Å². The molecule has 0 bridgehead atoms. The van der Waals surface area contributed by atoms with Gasteiger partial charge in [0.15, 0.2) is 0 Å².